The van der Waals surface area contributed by atoms with Crippen LogP contribution in [0, 0.1) is 5.41 Å². The Kier molecular flexibility index (Phi) is 6.54. The molecule has 6 nitrogen and oxygen atoms in total. The van der Waals surface area contributed by atoms with Crippen molar-refractivity contribution in [2.24, 2.45) is 5.41 Å². The van der Waals surface area contributed by atoms with Gasteiger partial charge in [-0.05, 0) is 35.3 Å². The van der Waals surface area contributed by atoms with E-state index in [1.165, 1.54) is 0 Å². The minimum absolute atomic E-state index is 0.128. The maximum absolute atomic E-state index is 15.5. The molecule has 2 aliphatic heterocycles. The molecule has 6 heteroatoms. The maximum Gasteiger partial charge on any atom is 0.337 e. The molecule has 0 saturated carbocycles. The Bertz CT molecular complexity index is 1910. The molecule has 0 aromatic heterocycles. The number of nitrogens with zero attached hydrogens (tertiary/aromatic N) is 1. The SMILES string of the molecule is CCOC(=O)C1=C(c2ccccc2)N(Cc2ccccc2)C(=O)C12C1=C(CC(C)(C)CC1=O)Nc1c2ccc2ccccc12. The second kappa shape index (κ2) is 10.3. The summed E-state index contributed by atoms with van der Waals surface area (Å²) < 4.78 is 5.78. The van der Waals surface area contributed by atoms with E-state index in [4.69, 9.17) is 4.74 Å². The third kappa shape index (κ3) is 4.12. The normalized spacial score (nSPS) is 20.6. The number of carbonyl (C=O) groups is 3. The van der Waals surface area contributed by atoms with E-state index in [9.17, 15) is 9.59 Å². The predicted molar refractivity (Wildman–Crippen MR) is 171 cm³/mol. The number of esters is 1. The first-order valence-electron chi connectivity index (χ1n) is 15.2. The fourth-order valence-corrected chi connectivity index (χ4v) is 7.34. The number of Topliss-reactive ketones (excluding diaryl/α,β-unsaturated/α-hetero) is 1. The van der Waals surface area contributed by atoms with Gasteiger partial charge in [-0.1, -0.05) is 111 Å². The monoisotopic (exact) mass is 582 g/mol. The first kappa shape index (κ1) is 27.8. The van der Waals surface area contributed by atoms with E-state index in [1.807, 2.05) is 97.1 Å². The fraction of sp³-hybridized carbons (Fsp3) is 0.237. The van der Waals surface area contributed by atoms with Crippen LogP contribution in [0.5, 0.6) is 0 Å². The van der Waals surface area contributed by atoms with Crippen molar-refractivity contribution in [3.63, 3.8) is 0 Å². The summed E-state index contributed by atoms with van der Waals surface area (Å²) in [6.07, 6.45) is 0.822. The summed E-state index contributed by atoms with van der Waals surface area (Å²) >= 11 is 0. The lowest BCUT2D eigenvalue weighted by Crippen LogP contribution is -2.51. The van der Waals surface area contributed by atoms with Gasteiger partial charge < -0.3 is 15.0 Å². The zero-order valence-corrected chi connectivity index (χ0v) is 25.1. The Morgan fingerprint density at radius 2 is 1.55 bits per heavy atom. The van der Waals surface area contributed by atoms with Gasteiger partial charge in [0.25, 0.3) is 0 Å². The van der Waals surface area contributed by atoms with Crippen LogP contribution in [0.3, 0.4) is 0 Å². The van der Waals surface area contributed by atoms with Gasteiger partial charge in [0.1, 0.15) is 5.41 Å². The van der Waals surface area contributed by atoms with Gasteiger partial charge in [-0.25, -0.2) is 4.79 Å². The van der Waals surface area contributed by atoms with Crippen LogP contribution in [0.25, 0.3) is 16.5 Å². The number of fused-ring (bicyclic) bond motifs is 5. The summed E-state index contributed by atoms with van der Waals surface area (Å²) in [5, 5.41) is 5.54. The second-order valence-corrected chi connectivity index (χ2v) is 12.6. The second-order valence-electron chi connectivity index (χ2n) is 12.6. The molecule has 0 radical (unpaired) electrons. The molecule has 44 heavy (non-hydrogen) atoms. The summed E-state index contributed by atoms with van der Waals surface area (Å²) in [5.41, 5.74) is 2.68. The molecule has 1 amide bonds. The molecule has 0 fully saturated rings. The summed E-state index contributed by atoms with van der Waals surface area (Å²) in [5.74, 6) is -1.05. The lowest BCUT2D eigenvalue weighted by Gasteiger charge is -2.44. The molecule has 2 heterocycles. The molecule has 4 aromatic rings. The largest absolute Gasteiger partial charge is 0.463 e. The summed E-state index contributed by atoms with van der Waals surface area (Å²) in [6, 6.07) is 31.1. The highest BCUT2D eigenvalue weighted by molar-refractivity contribution is 6.25. The van der Waals surface area contributed by atoms with Crippen molar-refractivity contribution in [2.75, 3.05) is 11.9 Å². The van der Waals surface area contributed by atoms with Crippen LogP contribution < -0.4 is 5.32 Å². The molecule has 220 valence electrons. The molecule has 4 aromatic carbocycles. The van der Waals surface area contributed by atoms with Crippen molar-refractivity contribution in [3.05, 3.63) is 131 Å². The van der Waals surface area contributed by atoms with Crippen LogP contribution in [-0.2, 0) is 31.1 Å². The van der Waals surface area contributed by atoms with Gasteiger partial charge in [0, 0.05) is 28.6 Å². The third-order valence-corrected chi connectivity index (χ3v) is 9.02. The van der Waals surface area contributed by atoms with Crippen LogP contribution in [0.4, 0.5) is 5.69 Å². The molecule has 0 saturated heterocycles. The average Bonchev–Trinajstić information content (AvgIpc) is 3.25. The Morgan fingerprint density at radius 1 is 0.864 bits per heavy atom. The summed E-state index contributed by atoms with van der Waals surface area (Å²) in [6.45, 7) is 6.25. The van der Waals surface area contributed by atoms with Crippen molar-refractivity contribution in [2.45, 2.75) is 45.6 Å². The molecule has 1 atom stereocenters. The Labute approximate surface area is 257 Å². The van der Waals surface area contributed by atoms with Gasteiger partial charge in [0.15, 0.2) is 5.78 Å². The van der Waals surface area contributed by atoms with Crippen LogP contribution >= 0.6 is 0 Å². The number of allylic oxidation sites excluding steroid dienone is 1. The molecule has 3 aliphatic rings. The highest BCUT2D eigenvalue weighted by Gasteiger charge is 2.64. The maximum atomic E-state index is 15.5. The van der Waals surface area contributed by atoms with Crippen molar-refractivity contribution < 1.29 is 19.1 Å². The smallest absolute Gasteiger partial charge is 0.337 e. The quantitative estimate of drug-likeness (QED) is 0.253. The molecule has 1 N–H and O–H groups in total. The predicted octanol–water partition coefficient (Wildman–Crippen LogP) is 7.16. The number of carbonyl (C=O) groups excluding carboxylic acids is 3. The Morgan fingerprint density at radius 3 is 2.27 bits per heavy atom. The minimum atomic E-state index is -1.68. The molecule has 0 bridgehead atoms. The first-order valence-corrected chi connectivity index (χ1v) is 15.2. The van der Waals surface area contributed by atoms with Crippen LogP contribution in [0.1, 0.15) is 50.3 Å². The van der Waals surface area contributed by atoms with Crippen LogP contribution in [-0.4, -0.2) is 29.2 Å². The van der Waals surface area contributed by atoms with Gasteiger partial charge in [0.05, 0.1) is 30.1 Å². The molecular formula is C38H34N2O4. The van der Waals surface area contributed by atoms with Crippen LogP contribution in [0.2, 0.25) is 0 Å². The van der Waals surface area contributed by atoms with E-state index in [2.05, 4.69) is 19.2 Å². The van der Waals surface area contributed by atoms with Gasteiger partial charge in [0.2, 0.25) is 5.91 Å². The highest BCUT2D eigenvalue weighted by Crippen LogP contribution is 2.59. The number of ether oxygens (including phenoxy) is 1. The number of hydrogen-bond acceptors (Lipinski definition) is 5. The molecule has 1 spiro atoms. The third-order valence-electron chi connectivity index (χ3n) is 9.02. The zero-order valence-electron chi connectivity index (χ0n) is 25.1. The Hall–Kier alpha value is -4.97. The number of rotatable bonds is 5. The lowest BCUT2D eigenvalue weighted by atomic mass is 9.60. The number of anilines is 1. The number of benzene rings is 4. The summed E-state index contributed by atoms with van der Waals surface area (Å²) in [7, 11) is 0. The number of hydrogen-bond donors (Lipinski definition) is 1. The number of ketones is 1. The molecule has 7 rings (SSSR count). The van der Waals surface area contributed by atoms with E-state index in [-0.39, 0.29) is 42.3 Å². The van der Waals surface area contributed by atoms with Crippen molar-refractivity contribution >= 4 is 39.8 Å². The summed E-state index contributed by atoms with van der Waals surface area (Å²) in [4.78, 5) is 46.0. The van der Waals surface area contributed by atoms with Crippen molar-refractivity contribution in [1.29, 1.82) is 0 Å². The fourth-order valence-electron chi connectivity index (χ4n) is 7.34. The van der Waals surface area contributed by atoms with Crippen LogP contribution in [0.15, 0.2) is 114 Å². The van der Waals surface area contributed by atoms with E-state index < -0.39 is 11.4 Å². The van der Waals surface area contributed by atoms with Gasteiger partial charge in [-0.3, -0.25) is 9.59 Å². The Balaban J connectivity index is 1.63. The van der Waals surface area contributed by atoms with Gasteiger partial charge in [-0.15, -0.1) is 0 Å². The van der Waals surface area contributed by atoms with E-state index in [0.717, 1.165) is 22.0 Å². The van der Waals surface area contributed by atoms with Gasteiger partial charge in [-0.2, -0.15) is 0 Å². The molecular weight excluding hydrogens is 548 g/mol. The molecule has 1 aliphatic carbocycles. The van der Waals surface area contributed by atoms with E-state index in [0.29, 0.717) is 34.5 Å². The topological polar surface area (TPSA) is 75.7 Å². The lowest BCUT2D eigenvalue weighted by molar-refractivity contribution is -0.141. The zero-order chi connectivity index (χ0) is 30.6. The van der Waals surface area contributed by atoms with E-state index >= 15 is 4.79 Å². The van der Waals surface area contributed by atoms with Gasteiger partial charge >= 0.3 is 5.97 Å². The van der Waals surface area contributed by atoms with Crippen molar-refractivity contribution in [1.82, 2.24) is 4.90 Å². The first-order chi connectivity index (χ1) is 21.3. The number of amides is 1. The number of nitrogens with one attached hydrogen (secondary N) is 1. The van der Waals surface area contributed by atoms with E-state index in [1.54, 1.807) is 11.8 Å². The highest BCUT2D eigenvalue weighted by atomic mass is 16.5. The van der Waals surface area contributed by atoms with Crippen molar-refractivity contribution in [3.8, 4) is 0 Å². The standard InChI is InChI=1S/C38H34N2O4/c1-4-44-35(42)32-34(26-16-9-6-10-17-26)40(23-24-13-7-5-8-14-24)36(43)38(32)28-20-19-25-15-11-12-18-27(25)33(28)39-29-21-37(2,3)22-30(41)31(29)38/h5-20,39H,4,21-23H2,1-3H3. The average molecular weight is 583 g/mol. The minimum Gasteiger partial charge on any atom is -0.463 e. The molecule has 1 unspecified atom stereocenters.